The van der Waals surface area contributed by atoms with E-state index in [0.29, 0.717) is 19.1 Å². The maximum Gasteiger partial charge on any atom is 0.501 e. The zero-order valence-electron chi connectivity index (χ0n) is 14.0. The van der Waals surface area contributed by atoms with Crippen LogP contribution in [0.5, 0.6) is 0 Å². The highest BCUT2D eigenvalue weighted by atomic mass is 28.4. The van der Waals surface area contributed by atoms with E-state index in [4.69, 9.17) is 18.0 Å². The van der Waals surface area contributed by atoms with Crippen LogP contribution in [0.15, 0.2) is 12.3 Å². The fourth-order valence-corrected chi connectivity index (χ4v) is 5.00. The lowest BCUT2D eigenvalue weighted by atomic mass is 10.1. The predicted octanol–water partition coefficient (Wildman–Crippen LogP) is 4.00. The van der Waals surface area contributed by atoms with Gasteiger partial charge in [0.25, 0.3) is 0 Å². The van der Waals surface area contributed by atoms with Gasteiger partial charge in [0.05, 0.1) is 12.9 Å². The van der Waals surface area contributed by atoms with Crippen LogP contribution in [0.4, 0.5) is 0 Å². The Kier molecular flexibility index (Phi) is 11.1. The van der Waals surface area contributed by atoms with Crippen LogP contribution in [0, 0.1) is 5.92 Å². The summed E-state index contributed by atoms with van der Waals surface area (Å²) in [6.07, 6.45) is 4.73. The van der Waals surface area contributed by atoms with E-state index in [1.807, 2.05) is 40.7 Å². The van der Waals surface area contributed by atoms with E-state index in [2.05, 4.69) is 6.92 Å². The molecule has 120 valence electrons. The molecule has 0 aromatic rings. The van der Waals surface area contributed by atoms with Crippen LogP contribution in [0.3, 0.4) is 0 Å². The van der Waals surface area contributed by atoms with Crippen molar-refractivity contribution in [2.75, 3.05) is 19.8 Å². The number of allylic oxidation sites excluding steroid dienone is 1. The van der Waals surface area contributed by atoms with Crippen LogP contribution in [0.2, 0.25) is 6.04 Å². The Morgan fingerprint density at radius 1 is 1.05 bits per heavy atom. The highest BCUT2D eigenvalue weighted by molar-refractivity contribution is 6.60. The largest absolute Gasteiger partial charge is 0.501 e. The lowest BCUT2D eigenvalue weighted by Crippen LogP contribution is -2.47. The van der Waals surface area contributed by atoms with Crippen molar-refractivity contribution in [2.45, 2.75) is 60.1 Å². The fourth-order valence-electron chi connectivity index (χ4n) is 1.93. The lowest BCUT2D eigenvalue weighted by molar-refractivity contribution is 0.0422. The van der Waals surface area contributed by atoms with Gasteiger partial charge in [-0.15, -0.1) is 0 Å². The molecule has 0 radical (unpaired) electrons. The van der Waals surface area contributed by atoms with Gasteiger partial charge in [0.15, 0.2) is 0 Å². The minimum atomic E-state index is -2.54. The number of hydrogen-bond donors (Lipinski definition) is 0. The summed E-state index contributed by atoms with van der Waals surface area (Å²) in [6.45, 7) is 14.1. The van der Waals surface area contributed by atoms with Crippen LogP contribution in [0.25, 0.3) is 0 Å². The van der Waals surface area contributed by atoms with Crippen molar-refractivity contribution in [3.8, 4) is 0 Å². The fraction of sp³-hybridized carbons (Fsp3) is 0.867. The molecular formula is C15H32O4Si. The molecule has 0 aromatic heterocycles. The third-order valence-corrected chi connectivity index (χ3v) is 5.89. The minimum Gasteiger partial charge on any atom is -0.501 e. The second-order valence-corrected chi connectivity index (χ2v) is 7.84. The van der Waals surface area contributed by atoms with Gasteiger partial charge in [-0.25, -0.2) is 0 Å². The normalized spacial score (nSPS) is 14.2. The predicted molar refractivity (Wildman–Crippen MR) is 84.6 cm³/mol. The Balaban J connectivity index is 4.45. The first-order valence-corrected chi connectivity index (χ1v) is 9.61. The average Bonchev–Trinajstić information content (AvgIpc) is 2.36. The molecule has 1 unspecified atom stereocenters. The molecule has 0 saturated heterocycles. The Morgan fingerprint density at radius 3 is 2.10 bits per heavy atom. The number of hydrogen-bond acceptors (Lipinski definition) is 4. The molecular weight excluding hydrogens is 272 g/mol. The molecule has 0 saturated carbocycles. The maximum absolute atomic E-state index is 6.03. The summed E-state index contributed by atoms with van der Waals surface area (Å²) in [7, 11) is -2.54. The molecule has 0 aromatic carbocycles. The van der Waals surface area contributed by atoms with Gasteiger partial charge in [0.1, 0.15) is 0 Å². The van der Waals surface area contributed by atoms with E-state index in [-0.39, 0.29) is 6.10 Å². The molecule has 0 spiro atoms. The molecule has 0 fully saturated rings. The van der Waals surface area contributed by atoms with Gasteiger partial charge in [0, 0.05) is 25.4 Å². The lowest BCUT2D eigenvalue weighted by Gasteiger charge is -2.31. The monoisotopic (exact) mass is 304 g/mol. The van der Waals surface area contributed by atoms with Gasteiger partial charge in [-0.05, 0) is 47.0 Å². The highest BCUT2D eigenvalue weighted by Crippen LogP contribution is 2.23. The van der Waals surface area contributed by atoms with Crippen molar-refractivity contribution in [3.05, 3.63) is 12.3 Å². The Hall–Kier alpha value is -0.363. The van der Waals surface area contributed by atoms with Crippen molar-refractivity contribution in [3.63, 3.8) is 0 Å². The zero-order chi connectivity index (χ0) is 15.4. The van der Waals surface area contributed by atoms with Crippen molar-refractivity contribution in [1.82, 2.24) is 0 Å². The summed E-state index contributed by atoms with van der Waals surface area (Å²) in [4.78, 5) is 0. The summed E-state index contributed by atoms with van der Waals surface area (Å²) in [5, 5.41) is 0. The molecule has 0 aliphatic heterocycles. The van der Waals surface area contributed by atoms with Crippen LogP contribution in [-0.2, 0) is 18.0 Å². The first-order chi connectivity index (χ1) is 9.49. The van der Waals surface area contributed by atoms with E-state index in [9.17, 15) is 0 Å². The van der Waals surface area contributed by atoms with Gasteiger partial charge in [0.2, 0.25) is 0 Å². The SMILES string of the molecule is CC=COCC(C)CC[Si](OCC)(OCC)OC(C)C. The van der Waals surface area contributed by atoms with Gasteiger partial charge in [-0.1, -0.05) is 13.0 Å². The van der Waals surface area contributed by atoms with E-state index in [1.54, 1.807) is 6.26 Å². The van der Waals surface area contributed by atoms with Gasteiger partial charge < -0.3 is 18.0 Å². The van der Waals surface area contributed by atoms with Crippen LogP contribution in [-0.4, -0.2) is 34.7 Å². The summed E-state index contributed by atoms with van der Waals surface area (Å²) in [6, 6.07) is 0.841. The second kappa shape index (κ2) is 11.3. The second-order valence-electron chi connectivity index (χ2n) is 5.16. The summed E-state index contributed by atoms with van der Waals surface area (Å²) in [5.41, 5.74) is 0. The smallest absolute Gasteiger partial charge is 0.501 e. The van der Waals surface area contributed by atoms with Crippen molar-refractivity contribution in [1.29, 1.82) is 0 Å². The molecule has 1 atom stereocenters. The zero-order valence-corrected chi connectivity index (χ0v) is 15.0. The number of ether oxygens (including phenoxy) is 1. The molecule has 20 heavy (non-hydrogen) atoms. The Labute approximate surface area is 125 Å². The van der Waals surface area contributed by atoms with E-state index < -0.39 is 8.80 Å². The average molecular weight is 305 g/mol. The Morgan fingerprint density at radius 2 is 1.65 bits per heavy atom. The van der Waals surface area contributed by atoms with Crippen molar-refractivity contribution in [2.24, 2.45) is 5.92 Å². The number of rotatable bonds is 12. The standard InChI is InChI=1S/C15H32O4Si/c1-7-11-16-13-15(6)10-12-20(17-8-2,18-9-3)19-14(4)5/h7,11,14-15H,8-10,12-13H2,1-6H3. The van der Waals surface area contributed by atoms with Crippen molar-refractivity contribution < 1.29 is 18.0 Å². The summed E-state index contributed by atoms with van der Waals surface area (Å²) < 4.78 is 23.3. The third-order valence-electron chi connectivity index (χ3n) is 2.70. The molecule has 5 heteroatoms. The van der Waals surface area contributed by atoms with Crippen LogP contribution in [0.1, 0.15) is 48.0 Å². The molecule has 0 bridgehead atoms. The highest BCUT2D eigenvalue weighted by Gasteiger charge is 2.41. The topological polar surface area (TPSA) is 36.9 Å². The molecule has 0 N–H and O–H groups in total. The van der Waals surface area contributed by atoms with E-state index in [1.165, 1.54) is 0 Å². The molecule has 0 rings (SSSR count). The molecule has 0 heterocycles. The minimum absolute atomic E-state index is 0.120. The first kappa shape index (κ1) is 19.6. The van der Waals surface area contributed by atoms with Gasteiger partial charge in [-0.3, -0.25) is 0 Å². The van der Waals surface area contributed by atoms with Gasteiger partial charge >= 0.3 is 8.80 Å². The maximum atomic E-state index is 6.03. The van der Waals surface area contributed by atoms with Crippen LogP contribution >= 0.6 is 0 Å². The summed E-state index contributed by atoms with van der Waals surface area (Å²) >= 11 is 0. The van der Waals surface area contributed by atoms with Crippen LogP contribution < -0.4 is 0 Å². The molecule has 4 nitrogen and oxygen atoms in total. The van der Waals surface area contributed by atoms with Gasteiger partial charge in [-0.2, -0.15) is 0 Å². The van der Waals surface area contributed by atoms with Crippen molar-refractivity contribution >= 4 is 8.80 Å². The third kappa shape index (κ3) is 8.74. The van der Waals surface area contributed by atoms with E-state index in [0.717, 1.165) is 19.1 Å². The summed E-state index contributed by atoms with van der Waals surface area (Å²) in [5.74, 6) is 0.453. The van der Waals surface area contributed by atoms with E-state index >= 15 is 0 Å². The molecule has 0 amide bonds. The molecule has 0 aliphatic rings. The molecule has 0 aliphatic carbocycles. The Bertz CT molecular complexity index is 250. The quantitative estimate of drug-likeness (QED) is 0.403. The first-order valence-electron chi connectivity index (χ1n) is 7.68.